The number of halogens is 3. The first-order valence-electron chi connectivity index (χ1n) is 12.2. The smallest absolute Gasteiger partial charge is 0.272 e. The van der Waals surface area contributed by atoms with Gasteiger partial charge in [-0.15, -0.1) is 0 Å². The number of para-hydroxylation sites is 1. The zero-order chi connectivity index (χ0) is 28.1. The van der Waals surface area contributed by atoms with Gasteiger partial charge in [-0.25, -0.2) is 10.4 Å². The van der Waals surface area contributed by atoms with Crippen LogP contribution in [-0.2, 0) is 6.61 Å². The molecule has 6 nitrogen and oxygen atoms in total. The second-order valence-electron chi connectivity index (χ2n) is 8.70. The molecule has 0 saturated heterocycles. The lowest BCUT2D eigenvalue weighted by Gasteiger charge is -2.14. The SMILES string of the molecule is COc1cc(/C=N/NC(=O)c2cc(-c3ccccc3)nc3ccccc23)cc(Cl)c1OCc1ccc(Cl)cc1Cl. The van der Waals surface area contributed by atoms with Crippen LogP contribution in [0.2, 0.25) is 15.1 Å². The van der Waals surface area contributed by atoms with Crippen LogP contribution in [0.1, 0.15) is 21.5 Å². The Bertz CT molecular complexity index is 1730. The fourth-order valence-electron chi connectivity index (χ4n) is 4.09. The van der Waals surface area contributed by atoms with E-state index in [2.05, 4.69) is 10.5 Å². The maximum atomic E-state index is 13.2. The van der Waals surface area contributed by atoms with Gasteiger partial charge in [0.1, 0.15) is 6.61 Å². The first-order chi connectivity index (χ1) is 19.4. The van der Waals surface area contributed by atoms with Crippen molar-refractivity contribution in [2.75, 3.05) is 7.11 Å². The van der Waals surface area contributed by atoms with Crippen molar-refractivity contribution in [3.63, 3.8) is 0 Å². The number of rotatable bonds is 8. The molecule has 0 bridgehead atoms. The summed E-state index contributed by atoms with van der Waals surface area (Å²) in [7, 11) is 1.51. The molecule has 200 valence electrons. The molecular weight excluding hydrogens is 569 g/mol. The number of hydrazone groups is 1. The van der Waals surface area contributed by atoms with Crippen molar-refractivity contribution in [1.82, 2.24) is 10.4 Å². The number of methoxy groups -OCH3 is 1. The minimum atomic E-state index is -0.370. The fourth-order valence-corrected chi connectivity index (χ4v) is 4.83. The van der Waals surface area contributed by atoms with Gasteiger partial charge in [-0.05, 0) is 42.0 Å². The van der Waals surface area contributed by atoms with E-state index in [1.54, 1.807) is 36.4 Å². The maximum Gasteiger partial charge on any atom is 0.272 e. The Kier molecular flexibility index (Phi) is 8.51. The zero-order valence-electron chi connectivity index (χ0n) is 21.2. The quantitative estimate of drug-likeness (QED) is 0.146. The molecule has 1 N–H and O–H groups in total. The normalized spacial score (nSPS) is 11.1. The number of hydrogen-bond acceptors (Lipinski definition) is 5. The van der Waals surface area contributed by atoms with Gasteiger partial charge in [-0.2, -0.15) is 5.10 Å². The van der Waals surface area contributed by atoms with Crippen molar-refractivity contribution in [2.24, 2.45) is 5.10 Å². The van der Waals surface area contributed by atoms with E-state index in [4.69, 9.17) is 49.3 Å². The van der Waals surface area contributed by atoms with E-state index in [-0.39, 0.29) is 12.5 Å². The Balaban J connectivity index is 1.35. The molecule has 0 fully saturated rings. The van der Waals surface area contributed by atoms with Gasteiger partial charge in [-0.1, -0.05) is 89.4 Å². The molecule has 9 heteroatoms. The van der Waals surface area contributed by atoms with Gasteiger partial charge < -0.3 is 9.47 Å². The first-order valence-corrected chi connectivity index (χ1v) is 13.3. The standard InChI is InChI=1S/C31H22Cl3N3O3/c1-39-29-14-19(13-26(34)30(29)40-18-21-11-12-22(32)15-25(21)33)17-35-37-31(38)24-16-28(20-7-3-2-4-8-20)36-27-10-6-5-9-23(24)27/h2-17H,18H2,1H3,(H,37,38)/b35-17+. The number of carbonyl (C=O) groups is 1. The van der Waals surface area contributed by atoms with Crippen LogP contribution in [0.25, 0.3) is 22.2 Å². The summed E-state index contributed by atoms with van der Waals surface area (Å²) < 4.78 is 11.4. The average Bonchev–Trinajstić information content (AvgIpc) is 2.97. The molecule has 0 aliphatic rings. The number of hydrogen-bond donors (Lipinski definition) is 1. The fraction of sp³-hybridized carbons (Fsp3) is 0.0645. The van der Waals surface area contributed by atoms with Crippen LogP contribution < -0.4 is 14.9 Å². The number of nitrogens with one attached hydrogen (secondary N) is 1. The van der Waals surface area contributed by atoms with Crippen LogP contribution >= 0.6 is 34.8 Å². The number of fused-ring (bicyclic) bond motifs is 1. The van der Waals surface area contributed by atoms with Gasteiger partial charge >= 0.3 is 0 Å². The molecule has 4 aromatic carbocycles. The molecule has 0 atom stereocenters. The van der Waals surface area contributed by atoms with Gasteiger partial charge in [0.15, 0.2) is 11.5 Å². The van der Waals surface area contributed by atoms with Crippen molar-refractivity contribution >= 4 is 57.8 Å². The molecule has 5 aromatic rings. The summed E-state index contributed by atoms with van der Waals surface area (Å²) in [5, 5.41) is 6.21. The lowest BCUT2D eigenvalue weighted by molar-refractivity contribution is 0.0956. The van der Waals surface area contributed by atoms with E-state index in [1.165, 1.54) is 13.3 Å². The van der Waals surface area contributed by atoms with E-state index in [0.29, 0.717) is 48.9 Å². The largest absolute Gasteiger partial charge is 0.493 e. The Morgan fingerprint density at radius 2 is 1.70 bits per heavy atom. The van der Waals surface area contributed by atoms with E-state index in [9.17, 15) is 4.79 Å². The molecule has 0 spiro atoms. The number of nitrogens with zero attached hydrogens (tertiary/aromatic N) is 2. The number of aromatic nitrogens is 1. The Hall–Kier alpha value is -4.10. The summed E-state index contributed by atoms with van der Waals surface area (Å²) in [5.41, 5.74) is 6.73. The van der Waals surface area contributed by atoms with Gasteiger partial charge in [0.25, 0.3) is 5.91 Å². The number of ether oxygens (including phenoxy) is 2. The minimum absolute atomic E-state index is 0.167. The van der Waals surface area contributed by atoms with Gasteiger partial charge in [0.05, 0.1) is 35.1 Å². The van der Waals surface area contributed by atoms with Gasteiger partial charge in [-0.3, -0.25) is 4.79 Å². The molecule has 0 aliphatic heterocycles. The van der Waals surface area contributed by atoms with Crippen molar-refractivity contribution in [3.8, 4) is 22.8 Å². The predicted octanol–water partition coefficient (Wildman–Crippen LogP) is 8.21. The highest BCUT2D eigenvalue weighted by molar-refractivity contribution is 6.35. The molecule has 5 rings (SSSR count). The molecule has 0 saturated carbocycles. The third kappa shape index (κ3) is 6.20. The lowest BCUT2D eigenvalue weighted by atomic mass is 10.0. The highest BCUT2D eigenvalue weighted by Gasteiger charge is 2.15. The van der Waals surface area contributed by atoms with Gasteiger partial charge in [0, 0.05) is 26.6 Å². The molecule has 0 radical (unpaired) electrons. The molecule has 1 heterocycles. The first kappa shape index (κ1) is 27.5. The molecule has 1 aromatic heterocycles. The lowest BCUT2D eigenvalue weighted by Crippen LogP contribution is -2.18. The molecule has 40 heavy (non-hydrogen) atoms. The Morgan fingerprint density at radius 1 is 0.925 bits per heavy atom. The molecule has 1 amide bonds. The van der Waals surface area contributed by atoms with Crippen LogP contribution in [0, 0.1) is 0 Å². The highest BCUT2D eigenvalue weighted by Crippen LogP contribution is 2.37. The molecular formula is C31H22Cl3N3O3. The summed E-state index contributed by atoms with van der Waals surface area (Å²) in [4.78, 5) is 17.9. The van der Waals surface area contributed by atoms with Crippen molar-refractivity contribution in [3.05, 3.63) is 123 Å². The van der Waals surface area contributed by atoms with Crippen LogP contribution in [-0.4, -0.2) is 24.2 Å². The topological polar surface area (TPSA) is 72.8 Å². The molecule has 0 unspecified atom stereocenters. The summed E-state index contributed by atoms with van der Waals surface area (Å²) in [6, 6.07) is 27.5. The maximum absolute atomic E-state index is 13.2. The van der Waals surface area contributed by atoms with E-state index in [0.717, 1.165) is 16.5 Å². The van der Waals surface area contributed by atoms with Crippen LogP contribution in [0.5, 0.6) is 11.5 Å². The van der Waals surface area contributed by atoms with Crippen molar-refractivity contribution in [2.45, 2.75) is 6.61 Å². The number of amides is 1. The van der Waals surface area contributed by atoms with E-state index < -0.39 is 0 Å². The highest BCUT2D eigenvalue weighted by atomic mass is 35.5. The summed E-state index contributed by atoms with van der Waals surface area (Å²) in [5.74, 6) is 0.385. The molecule has 0 aliphatic carbocycles. The van der Waals surface area contributed by atoms with E-state index in [1.807, 2.05) is 54.6 Å². The van der Waals surface area contributed by atoms with Crippen LogP contribution in [0.3, 0.4) is 0 Å². The number of benzene rings is 4. The van der Waals surface area contributed by atoms with Crippen molar-refractivity contribution in [1.29, 1.82) is 0 Å². The number of carbonyl (C=O) groups excluding carboxylic acids is 1. The monoisotopic (exact) mass is 589 g/mol. The second-order valence-corrected chi connectivity index (χ2v) is 9.95. The predicted molar refractivity (Wildman–Crippen MR) is 161 cm³/mol. The second kappa shape index (κ2) is 12.4. The average molecular weight is 591 g/mol. The summed E-state index contributed by atoms with van der Waals surface area (Å²) in [6.45, 7) is 0.167. The minimum Gasteiger partial charge on any atom is -0.493 e. The van der Waals surface area contributed by atoms with Gasteiger partial charge in [0.2, 0.25) is 0 Å². The van der Waals surface area contributed by atoms with Crippen molar-refractivity contribution < 1.29 is 14.3 Å². The summed E-state index contributed by atoms with van der Waals surface area (Å²) >= 11 is 18.7. The zero-order valence-corrected chi connectivity index (χ0v) is 23.5. The third-order valence-electron chi connectivity index (χ3n) is 6.05. The van der Waals surface area contributed by atoms with Crippen LogP contribution in [0.15, 0.2) is 96.1 Å². The van der Waals surface area contributed by atoms with E-state index >= 15 is 0 Å². The number of pyridine rings is 1. The Labute approximate surface area is 246 Å². The van der Waals surface area contributed by atoms with Crippen LogP contribution in [0.4, 0.5) is 0 Å². The third-order valence-corrected chi connectivity index (χ3v) is 6.92. The summed E-state index contributed by atoms with van der Waals surface area (Å²) in [6.07, 6.45) is 1.48. The Morgan fingerprint density at radius 3 is 2.48 bits per heavy atom.